The van der Waals surface area contributed by atoms with Crippen LogP contribution in [0.3, 0.4) is 0 Å². The molecule has 0 unspecified atom stereocenters. The first-order chi connectivity index (χ1) is 12.7. The zero-order valence-corrected chi connectivity index (χ0v) is 17.4. The second-order valence-electron chi connectivity index (χ2n) is 7.43. The fourth-order valence-electron chi connectivity index (χ4n) is 2.63. The molecule has 0 saturated carbocycles. The molecule has 1 fully saturated rings. The maximum Gasteiger partial charge on any atom is 0.494 e. The van der Waals surface area contributed by atoms with Crippen LogP contribution in [0, 0.1) is 0 Å². The number of benzene rings is 2. The number of rotatable bonds is 6. The van der Waals surface area contributed by atoms with E-state index in [0.29, 0.717) is 29.0 Å². The molecule has 0 radical (unpaired) electrons. The fraction of sp³-hybridized carbons (Fsp3) is 0.400. The van der Waals surface area contributed by atoms with E-state index in [4.69, 9.17) is 42.0 Å². The Kier molecular flexibility index (Phi) is 5.97. The summed E-state index contributed by atoms with van der Waals surface area (Å²) in [6, 6.07) is 12.8. The van der Waals surface area contributed by atoms with Crippen molar-refractivity contribution in [3.63, 3.8) is 0 Å². The number of ether oxygens (including phenoxy) is 2. The van der Waals surface area contributed by atoms with Crippen LogP contribution in [0.5, 0.6) is 11.5 Å². The molecule has 2 aromatic carbocycles. The standard InChI is InChI=1S/C20H23BCl2O4/c1-19(2)20(3,4)27-21(26-19)14-6-5-7-16(12-14)24-10-11-25-18-9-8-15(22)13-17(18)23/h5-9,12-13H,10-11H2,1-4H3. The highest BCUT2D eigenvalue weighted by atomic mass is 35.5. The zero-order valence-electron chi connectivity index (χ0n) is 15.9. The van der Waals surface area contributed by atoms with Crippen molar-refractivity contribution < 1.29 is 18.8 Å². The predicted molar refractivity (Wildman–Crippen MR) is 110 cm³/mol. The number of hydrogen-bond acceptors (Lipinski definition) is 4. The lowest BCUT2D eigenvalue weighted by Gasteiger charge is -2.32. The Balaban J connectivity index is 1.55. The molecule has 0 N–H and O–H groups in total. The van der Waals surface area contributed by atoms with Gasteiger partial charge in [0.2, 0.25) is 0 Å². The molecular formula is C20H23BCl2O4. The van der Waals surface area contributed by atoms with Gasteiger partial charge in [0.1, 0.15) is 24.7 Å². The summed E-state index contributed by atoms with van der Waals surface area (Å²) in [6.07, 6.45) is 0. The first-order valence-corrected chi connectivity index (χ1v) is 9.60. The van der Waals surface area contributed by atoms with E-state index >= 15 is 0 Å². The minimum absolute atomic E-state index is 0.363. The van der Waals surface area contributed by atoms with Gasteiger partial charge >= 0.3 is 7.12 Å². The fourth-order valence-corrected chi connectivity index (χ4v) is 3.10. The Morgan fingerprint density at radius 2 is 1.56 bits per heavy atom. The summed E-state index contributed by atoms with van der Waals surface area (Å²) >= 11 is 12.0. The van der Waals surface area contributed by atoms with Crippen LogP contribution in [-0.4, -0.2) is 31.5 Å². The molecule has 0 amide bonds. The lowest BCUT2D eigenvalue weighted by molar-refractivity contribution is 0.00578. The second-order valence-corrected chi connectivity index (χ2v) is 8.28. The molecule has 27 heavy (non-hydrogen) atoms. The third kappa shape index (κ3) is 4.72. The highest BCUT2D eigenvalue weighted by Gasteiger charge is 2.51. The Labute approximate surface area is 170 Å². The molecule has 1 saturated heterocycles. The van der Waals surface area contributed by atoms with E-state index in [1.165, 1.54) is 0 Å². The molecule has 3 rings (SSSR count). The Hall–Kier alpha value is -1.40. The summed E-state index contributed by atoms with van der Waals surface area (Å²) in [7, 11) is -0.414. The predicted octanol–water partition coefficient (Wildman–Crippen LogP) is 4.75. The molecule has 0 aliphatic carbocycles. The van der Waals surface area contributed by atoms with Crippen molar-refractivity contribution in [3.8, 4) is 11.5 Å². The number of halogens is 2. The quantitative estimate of drug-likeness (QED) is 0.510. The lowest BCUT2D eigenvalue weighted by atomic mass is 9.79. The van der Waals surface area contributed by atoms with Gasteiger partial charge in [-0.3, -0.25) is 0 Å². The van der Waals surface area contributed by atoms with Gasteiger partial charge < -0.3 is 18.8 Å². The maximum atomic E-state index is 6.09. The zero-order chi connectivity index (χ0) is 19.7. The molecule has 1 aliphatic heterocycles. The summed E-state index contributed by atoms with van der Waals surface area (Å²) in [5.41, 5.74) is 0.174. The normalized spacial score (nSPS) is 17.8. The SMILES string of the molecule is CC1(C)OB(c2cccc(OCCOc3ccc(Cl)cc3Cl)c2)OC1(C)C. The van der Waals surface area contributed by atoms with Gasteiger partial charge in [-0.1, -0.05) is 35.3 Å². The topological polar surface area (TPSA) is 36.9 Å². The van der Waals surface area contributed by atoms with Gasteiger partial charge in [0.15, 0.2) is 0 Å². The summed E-state index contributed by atoms with van der Waals surface area (Å²) in [5, 5.41) is 1.05. The first kappa shape index (κ1) is 20.3. The molecule has 4 nitrogen and oxygen atoms in total. The molecule has 7 heteroatoms. The van der Waals surface area contributed by atoms with E-state index < -0.39 is 7.12 Å². The van der Waals surface area contributed by atoms with Gasteiger partial charge in [-0.25, -0.2) is 0 Å². The van der Waals surface area contributed by atoms with Crippen LogP contribution < -0.4 is 14.9 Å². The number of hydrogen-bond donors (Lipinski definition) is 0. The minimum Gasteiger partial charge on any atom is -0.490 e. The molecular weight excluding hydrogens is 386 g/mol. The van der Waals surface area contributed by atoms with Crippen molar-refractivity contribution in [1.82, 2.24) is 0 Å². The largest absolute Gasteiger partial charge is 0.494 e. The van der Waals surface area contributed by atoms with Gasteiger partial charge in [-0.2, -0.15) is 0 Å². The van der Waals surface area contributed by atoms with Gasteiger partial charge in [0.25, 0.3) is 0 Å². The van der Waals surface area contributed by atoms with Crippen molar-refractivity contribution in [1.29, 1.82) is 0 Å². The van der Waals surface area contributed by atoms with E-state index in [2.05, 4.69) is 0 Å². The summed E-state index contributed by atoms with van der Waals surface area (Å²) < 4.78 is 23.6. The van der Waals surface area contributed by atoms with Crippen LogP contribution in [0.2, 0.25) is 10.0 Å². The summed E-state index contributed by atoms with van der Waals surface area (Å²) in [6.45, 7) is 8.88. The molecule has 0 aromatic heterocycles. The molecule has 144 valence electrons. The monoisotopic (exact) mass is 408 g/mol. The highest BCUT2D eigenvalue weighted by molar-refractivity contribution is 6.62. The van der Waals surface area contributed by atoms with Crippen molar-refractivity contribution in [3.05, 3.63) is 52.5 Å². The Bertz CT molecular complexity index is 794. The summed E-state index contributed by atoms with van der Waals surface area (Å²) in [5.74, 6) is 1.31. The van der Waals surface area contributed by atoms with Crippen molar-refractivity contribution in [2.75, 3.05) is 13.2 Å². The minimum atomic E-state index is -0.414. The third-order valence-corrected chi connectivity index (χ3v) is 5.42. The average molecular weight is 409 g/mol. The van der Waals surface area contributed by atoms with E-state index in [1.807, 2.05) is 52.0 Å². The smallest absolute Gasteiger partial charge is 0.490 e. The van der Waals surface area contributed by atoms with Crippen LogP contribution in [0.25, 0.3) is 0 Å². The first-order valence-electron chi connectivity index (χ1n) is 8.84. The third-order valence-electron chi connectivity index (χ3n) is 4.89. The molecule has 1 heterocycles. The van der Waals surface area contributed by atoms with E-state index in [1.54, 1.807) is 18.2 Å². The van der Waals surface area contributed by atoms with Gasteiger partial charge in [-0.15, -0.1) is 0 Å². The van der Waals surface area contributed by atoms with Crippen LogP contribution in [0.4, 0.5) is 0 Å². The molecule has 0 atom stereocenters. The van der Waals surface area contributed by atoms with Crippen molar-refractivity contribution in [2.24, 2.45) is 0 Å². The van der Waals surface area contributed by atoms with Crippen LogP contribution in [0.1, 0.15) is 27.7 Å². The van der Waals surface area contributed by atoms with Gasteiger partial charge in [-0.05, 0) is 63.5 Å². The molecule has 0 spiro atoms. The van der Waals surface area contributed by atoms with Gasteiger partial charge in [0, 0.05) is 5.02 Å². The van der Waals surface area contributed by atoms with Crippen molar-refractivity contribution in [2.45, 2.75) is 38.9 Å². The molecule has 1 aliphatic rings. The van der Waals surface area contributed by atoms with Crippen LogP contribution in [-0.2, 0) is 9.31 Å². The second kappa shape index (κ2) is 7.92. The Morgan fingerprint density at radius 1 is 0.889 bits per heavy atom. The average Bonchev–Trinajstić information content (AvgIpc) is 2.81. The summed E-state index contributed by atoms with van der Waals surface area (Å²) in [4.78, 5) is 0. The van der Waals surface area contributed by atoms with Gasteiger partial charge in [0.05, 0.1) is 16.2 Å². The van der Waals surface area contributed by atoms with Crippen molar-refractivity contribution >= 4 is 35.8 Å². The molecule has 0 bridgehead atoms. The maximum absolute atomic E-state index is 6.09. The van der Waals surface area contributed by atoms with E-state index in [9.17, 15) is 0 Å². The van der Waals surface area contributed by atoms with Crippen LogP contribution in [0.15, 0.2) is 42.5 Å². The lowest BCUT2D eigenvalue weighted by Crippen LogP contribution is -2.41. The van der Waals surface area contributed by atoms with Crippen LogP contribution >= 0.6 is 23.2 Å². The van der Waals surface area contributed by atoms with E-state index in [0.717, 1.165) is 11.2 Å². The highest BCUT2D eigenvalue weighted by Crippen LogP contribution is 2.36. The Morgan fingerprint density at radius 3 is 2.22 bits per heavy atom. The van der Waals surface area contributed by atoms with E-state index in [-0.39, 0.29) is 11.2 Å². The molecule has 2 aromatic rings.